The molecule has 0 radical (unpaired) electrons. The fourth-order valence-corrected chi connectivity index (χ4v) is 2.73. The highest BCUT2D eigenvalue weighted by atomic mass is 35.5. The lowest BCUT2D eigenvalue weighted by atomic mass is 10.2. The van der Waals surface area contributed by atoms with Crippen molar-refractivity contribution >= 4 is 40.7 Å². The number of hydrogen-bond acceptors (Lipinski definition) is 5. The molecular weight excluding hydrogens is 369 g/mol. The number of aromatic nitrogens is 3. The molecule has 0 aliphatic heterocycles. The molecule has 134 valence electrons. The Labute approximate surface area is 162 Å². The molecule has 0 spiro atoms. The lowest BCUT2D eigenvalue weighted by Crippen LogP contribution is -2.16. The minimum absolute atomic E-state index is 0.251. The first-order valence-electron chi connectivity index (χ1n) is 8.34. The van der Waals surface area contributed by atoms with Crippen LogP contribution in [0.1, 0.15) is 20.3 Å². The molecule has 3 aromatic rings. The normalized spacial score (nSPS) is 11.8. The third kappa shape index (κ3) is 4.62. The second-order valence-corrected chi connectivity index (χ2v) is 6.72. The van der Waals surface area contributed by atoms with E-state index in [4.69, 9.17) is 23.2 Å². The maximum absolute atomic E-state index is 6.26. The van der Waals surface area contributed by atoms with Crippen molar-refractivity contribution in [2.45, 2.75) is 26.3 Å². The van der Waals surface area contributed by atoms with Gasteiger partial charge in [-0.1, -0.05) is 36.2 Å². The molecule has 5 nitrogen and oxygen atoms in total. The lowest BCUT2D eigenvalue weighted by molar-refractivity contribution is 0.753. The van der Waals surface area contributed by atoms with Crippen LogP contribution in [0.2, 0.25) is 10.0 Å². The van der Waals surface area contributed by atoms with Crippen LogP contribution in [0.3, 0.4) is 0 Å². The van der Waals surface area contributed by atoms with E-state index in [-0.39, 0.29) is 6.04 Å². The van der Waals surface area contributed by atoms with Gasteiger partial charge in [-0.3, -0.25) is 4.98 Å². The smallest absolute Gasteiger partial charge is 0.225 e. The summed E-state index contributed by atoms with van der Waals surface area (Å²) in [5.74, 6) is 1.16. The second-order valence-electron chi connectivity index (χ2n) is 5.88. The highest BCUT2D eigenvalue weighted by Crippen LogP contribution is 2.29. The summed E-state index contributed by atoms with van der Waals surface area (Å²) in [4.78, 5) is 13.5. The van der Waals surface area contributed by atoms with Crippen molar-refractivity contribution in [3.05, 3.63) is 58.7 Å². The molecule has 0 saturated heterocycles. The molecule has 26 heavy (non-hydrogen) atoms. The van der Waals surface area contributed by atoms with Crippen LogP contribution in [0, 0.1) is 0 Å². The molecule has 0 fully saturated rings. The van der Waals surface area contributed by atoms with Gasteiger partial charge in [-0.05, 0) is 43.7 Å². The Bertz CT molecular complexity index is 886. The third-order valence-corrected chi connectivity index (χ3v) is 4.38. The number of nitrogens with zero attached hydrogens (tertiary/aromatic N) is 3. The van der Waals surface area contributed by atoms with E-state index in [9.17, 15) is 0 Å². The van der Waals surface area contributed by atoms with Crippen molar-refractivity contribution < 1.29 is 0 Å². The third-order valence-electron chi connectivity index (χ3n) is 3.84. The summed E-state index contributed by atoms with van der Waals surface area (Å²) in [6.45, 7) is 4.19. The fourth-order valence-electron chi connectivity index (χ4n) is 2.27. The summed E-state index contributed by atoms with van der Waals surface area (Å²) >= 11 is 12.2. The molecule has 1 aromatic carbocycles. The first-order valence-corrected chi connectivity index (χ1v) is 9.10. The summed E-state index contributed by atoms with van der Waals surface area (Å²) in [6, 6.07) is 13.1. The zero-order chi connectivity index (χ0) is 18.5. The van der Waals surface area contributed by atoms with E-state index in [0.717, 1.165) is 23.5 Å². The molecular formula is C19H19Cl2N5. The van der Waals surface area contributed by atoms with Crippen LogP contribution in [-0.4, -0.2) is 21.0 Å². The Morgan fingerprint density at radius 3 is 2.58 bits per heavy atom. The highest BCUT2D eigenvalue weighted by Gasteiger charge is 2.11. The quantitative estimate of drug-likeness (QED) is 0.559. The van der Waals surface area contributed by atoms with Crippen molar-refractivity contribution in [3.63, 3.8) is 0 Å². The minimum Gasteiger partial charge on any atom is -0.352 e. The van der Waals surface area contributed by atoms with Crippen LogP contribution < -0.4 is 10.6 Å². The first-order chi connectivity index (χ1) is 12.5. The molecule has 0 aliphatic rings. The molecule has 7 heteroatoms. The number of pyridine rings is 1. The molecule has 2 N–H and O–H groups in total. The van der Waals surface area contributed by atoms with Gasteiger partial charge in [0.25, 0.3) is 0 Å². The number of nitrogens with one attached hydrogen (secondary N) is 2. The van der Waals surface area contributed by atoms with Crippen LogP contribution in [0.25, 0.3) is 11.4 Å². The van der Waals surface area contributed by atoms with E-state index in [1.54, 1.807) is 18.3 Å². The standard InChI is InChI=1S/C19H19Cl2N5/c1-3-12(2)23-19-25-17(16-6-4-5-9-22-16)11-18(26-19)24-15-8-7-13(20)10-14(15)21/h4-12H,3H2,1-2H3,(H2,23,24,25,26)/t12-/m1/s1. The highest BCUT2D eigenvalue weighted by molar-refractivity contribution is 6.36. The van der Waals surface area contributed by atoms with E-state index < -0.39 is 0 Å². The van der Waals surface area contributed by atoms with Gasteiger partial charge in [0.05, 0.1) is 22.1 Å². The maximum atomic E-state index is 6.26. The number of benzene rings is 1. The summed E-state index contributed by atoms with van der Waals surface area (Å²) in [5, 5.41) is 7.64. The van der Waals surface area contributed by atoms with Crippen LogP contribution in [-0.2, 0) is 0 Å². The predicted octanol–water partition coefficient (Wildman–Crippen LogP) is 5.80. The topological polar surface area (TPSA) is 62.7 Å². The van der Waals surface area contributed by atoms with Crippen LogP contribution >= 0.6 is 23.2 Å². The summed E-state index contributed by atoms with van der Waals surface area (Å²) < 4.78 is 0. The molecule has 0 bridgehead atoms. The van der Waals surface area contributed by atoms with Gasteiger partial charge in [0.2, 0.25) is 5.95 Å². The molecule has 3 rings (SSSR count). The Balaban J connectivity index is 1.98. The zero-order valence-corrected chi connectivity index (χ0v) is 16.0. The Hall–Kier alpha value is -2.37. The van der Waals surface area contributed by atoms with Crippen molar-refractivity contribution in [2.24, 2.45) is 0 Å². The molecule has 2 aromatic heterocycles. The maximum Gasteiger partial charge on any atom is 0.225 e. The van der Waals surface area contributed by atoms with E-state index in [1.165, 1.54) is 0 Å². The number of rotatable bonds is 6. The van der Waals surface area contributed by atoms with Gasteiger partial charge in [-0.2, -0.15) is 4.98 Å². The van der Waals surface area contributed by atoms with Gasteiger partial charge >= 0.3 is 0 Å². The van der Waals surface area contributed by atoms with E-state index in [0.29, 0.717) is 21.8 Å². The Morgan fingerprint density at radius 1 is 1.04 bits per heavy atom. The number of halogens is 2. The molecule has 0 amide bonds. The van der Waals surface area contributed by atoms with Crippen molar-refractivity contribution in [2.75, 3.05) is 10.6 Å². The predicted molar refractivity (Wildman–Crippen MR) is 108 cm³/mol. The van der Waals surface area contributed by atoms with Gasteiger partial charge < -0.3 is 10.6 Å². The SMILES string of the molecule is CC[C@@H](C)Nc1nc(Nc2ccc(Cl)cc2Cl)cc(-c2ccccn2)n1. The zero-order valence-electron chi connectivity index (χ0n) is 14.5. The van der Waals surface area contributed by atoms with E-state index >= 15 is 0 Å². The molecule has 0 unspecified atom stereocenters. The van der Waals surface area contributed by atoms with Crippen LogP contribution in [0.15, 0.2) is 48.7 Å². The van der Waals surface area contributed by atoms with E-state index in [2.05, 4.69) is 39.4 Å². The second kappa shape index (κ2) is 8.34. The summed E-state index contributed by atoms with van der Waals surface area (Å²) in [6.07, 6.45) is 2.70. The van der Waals surface area contributed by atoms with Gasteiger partial charge in [0, 0.05) is 23.3 Å². The van der Waals surface area contributed by atoms with Crippen molar-refractivity contribution in [1.29, 1.82) is 0 Å². The molecule has 1 atom stereocenters. The van der Waals surface area contributed by atoms with Crippen molar-refractivity contribution in [1.82, 2.24) is 15.0 Å². The van der Waals surface area contributed by atoms with Crippen LogP contribution in [0.5, 0.6) is 0 Å². The molecule has 0 aliphatic carbocycles. The van der Waals surface area contributed by atoms with Crippen LogP contribution in [0.4, 0.5) is 17.5 Å². The number of anilines is 3. The average molecular weight is 388 g/mol. The molecule has 0 saturated carbocycles. The summed E-state index contributed by atoms with van der Waals surface area (Å²) in [5.41, 5.74) is 2.21. The first kappa shape index (κ1) is 18.4. The lowest BCUT2D eigenvalue weighted by Gasteiger charge is -2.15. The van der Waals surface area contributed by atoms with E-state index in [1.807, 2.05) is 30.3 Å². The minimum atomic E-state index is 0.251. The average Bonchev–Trinajstić information content (AvgIpc) is 2.64. The van der Waals surface area contributed by atoms with Gasteiger partial charge in [-0.15, -0.1) is 0 Å². The monoisotopic (exact) mass is 387 g/mol. The fraction of sp³-hybridized carbons (Fsp3) is 0.211. The Kier molecular flexibility index (Phi) is 5.91. The van der Waals surface area contributed by atoms with Crippen molar-refractivity contribution in [3.8, 4) is 11.4 Å². The van der Waals surface area contributed by atoms with Gasteiger partial charge in [0.15, 0.2) is 0 Å². The van der Waals surface area contributed by atoms with Gasteiger partial charge in [-0.25, -0.2) is 4.98 Å². The molecule has 2 heterocycles. The number of hydrogen-bond donors (Lipinski definition) is 2. The van der Waals surface area contributed by atoms with Gasteiger partial charge in [0.1, 0.15) is 5.82 Å². The largest absolute Gasteiger partial charge is 0.352 e. The Morgan fingerprint density at radius 2 is 1.88 bits per heavy atom. The summed E-state index contributed by atoms with van der Waals surface area (Å²) in [7, 11) is 0.